The van der Waals surface area contributed by atoms with Crippen LogP contribution in [0.2, 0.25) is 0 Å². The minimum Gasteiger partial charge on any atom is -0.372 e. The van der Waals surface area contributed by atoms with Gasteiger partial charge in [-0.15, -0.1) is 0 Å². The number of aromatic nitrogens is 2. The van der Waals surface area contributed by atoms with Gasteiger partial charge in [0.1, 0.15) is 5.60 Å². The summed E-state index contributed by atoms with van der Waals surface area (Å²) in [5, 5.41) is 7.82. The molecule has 11 heavy (non-hydrogen) atoms. The third kappa shape index (κ3) is 1.01. The molecule has 0 N–H and O–H groups in total. The first-order valence-electron chi connectivity index (χ1n) is 3.71. The summed E-state index contributed by atoms with van der Waals surface area (Å²) in [7, 11) is 1.72. The number of rotatable bonds is 2. The Morgan fingerprint density at radius 1 is 1.55 bits per heavy atom. The van der Waals surface area contributed by atoms with Gasteiger partial charge in [0, 0.05) is 13.3 Å². The second-order valence-corrected chi connectivity index (χ2v) is 2.81. The molecule has 1 aliphatic carbocycles. The molecule has 1 aromatic rings. The molecule has 0 saturated heterocycles. The van der Waals surface area contributed by atoms with Crippen LogP contribution in [0, 0.1) is 0 Å². The van der Waals surface area contributed by atoms with Gasteiger partial charge in [-0.05, 0) is 25.0 Å². The molecule has 1 aromatic heterocycles. The highest BCUT2D eigenvalue weighted by Crippen LogP contribution is 2.47. The molecule has 58 valence electrons. The molecular weight excluding hydrogens is 140 g/mol. The van der Waals surface area contributed by atoms with Gasteiger partial charge in [-0.1, -0.05) is 0 Å². The third-order valence-corrected chi connectivity index (χ3v) is 2.13. The van der Waals surface area contributed by atoms with E-state index >= 15 is 0 Å². The summed E-state index contributed by atoms with van der Waals surface area (Å²) in [6, 6.07) is 3.85. The quantitative estimate of drug-likeness (QED) is 0.633. The van der Waals surface area contributed by atoms with Crippen LogP contribution in [0.4, 0.5) is 0 Å². The molecule has 0 aliphatic heterocycles. The lowest BCUT2D eigenvalue weighted by molar-refractivity contribution is 0.0743. The first kappa shape index (κ1) is 6.73. The van der Waals surface area contributed by atoms with E-state index in [0.29, 0.717) is 0 Å². The van der Waals surface area contributed by atoms with Crippen LogP contribution in [0.5, 0.6) is 0 Å². The number of methoxy groups -OCH3 is 1. The van der Waals surface area contributed by atoms with E-state index in [0.717, 1.165) is 18.5 Å². The molecule has 0 atom stereocenters. The average Bonchev–Trinajstić information content (AvgIpc) is 2.86. The highest BCUT2D eigenvalue weighted by atomic mass is 16.5. The van der Waals surface area contributed by atoms with Crippen molar-refractivity contribution in [1.29, 1.82) is 0 Å². The van der Waals surface area contributed by atoms with Gasteiger partial charge in [0.2, 0.25) is 0 Å². The minimum atomic E-state index is -0.0890. The molecule has 0 bridgehead atoms. The van der Waals surface area contributed by atoms with Gasteiger partial charge in [-0.3, -0.25) is 0 Å². The first-order chi connectivity index (χ1) is 5.37. The minimum absolute atomic E-state index is 0.0890. The van der Waals surface area contributed by atoms with E-state index in [-0.39, 0.29) is 5.60 Å². The Bertz CT molecular complexity index is 244. The summed E-state index contributed by atoms with van der Waals surface area (Å²) in [4.78, 5) is 0. The van der Waals surface area contributed by atoms with Gasteiger partial charge < -0.3 is 4.74 Å². The summed E-state index contributed by atoms with van der Waals surface area (Å²) < 4.78 is 5.33. The molecule has 1 saturated carbocycles. The number of hydrogen-bond donors (Lipinski definition) is 0. The summed E-state index contributed by atoms with van der Waals surface area (Å²) in [5.41, 5.74) is 0.872. The van der Waals surface area contributed by atoms with Crippen LogP contribution in [0.3, 0.4) is 0 Å². The van der Waals surface area contributed by atoms with E-state index in [9.17, 15) is 0 Å². The average molecular weight is 150 g/mol. The highest BCUT2D eigenvalue weighted by Gasteiger charge is 2.46. The van der Waals surface area contributed by atoms with Crippen LogP contribution in [0.15, 0.2) is 18.3 Å². The van der Waals surface area contributed by atoms with E-state index in [4.69, 9.17) is 4.74 Å². The van der Waals surface area contributed by atoms with Gasteiger partial charge in [0.05, 0.1) is 5.69 Å². The molecule has 3 heteroatoms. The fraction of sp³-hybridized carbons (Fsp3) is 0.500. The van der Waals surface area contributed by atoms with Crippen LogP contribution in [0.1, 0.15) is 18.5 Å². The predicted molar refractivity (Wildman–Crippen MR) is 40.0 cm³/mol. The molecule has 0 spiro atoms. The van der Waals surface area contributed by atoms with Gasteiger partial charge in [0.25, 0.3) is 0 Å². The molecule has 1 aliphatic rings. The van der Waals surface area contributed by atoms with Crippen LogP contribution in [-0.2, 0) is 10.3 Å². The van der Waals surface area contributed by atoms with Crippen molar-refractivity contribution in [3.05, 3.63) is 24.0 Å². The van der Waals surface area contributed by atoms with Crippen molar-refractivity contribution in [2.75, 3.05) is 7.11 Å². The molecule has 0 aromatic carbocycles. The topological polar surface area (TPSA) is 35.0 Å². The van der Waals surface area contributed by atoms with Crippen molar-refractivity contribution in [1.82, 2.24) is 10.2 Å². The van der Waals surface area contributed by atoms with Crippen LogP contribution < -0.4 is 0 Å². The summed E-state index contributed by atoms with van der Waals surface area (Å²) in [5.74, 6) is 0. The molecule has 0 amide bonds. The normalized spacial score (nSPS) is 19.7. The van der Waals surface area contributed by atoms with Gasteiger partial charge in [-0.2, -0.15) is 10.2 Å². The number of nitrogens with zero attached hydrogens (tertiary/aromatic N) is 2. The lowest BCUT2D eigenvalue weighted by Gasteiger charge is -2.10. The largest absolute Gasteiger partial charge is 0.372 e. The zero-order valence-electron chi connectivity index (χ0n) is 6.45. The maximum atomic E-state index is 5.33. The van der Waals surface area contributed by atoms with Gasteiger partial charge in [-0.25, -0.2) is 0 Å². The third-order valence-electron chi connectivity index (χ3n) is 2.13. The van der Waals surface area contributed by atoms with E-state index < -0.39 is 0 Å². The lowest BCUT2D eigenvalue weighted by Crippen LogP contribution is -2.11. The van der Waals surface area contributed by atoms with E-state index in [2.05, 4.69) is 10.2 Å². The number of hydrogen-bond acceptors (Lipinski definition) is 3. The van der Waals surface area contributed by atoms with Crippen molar-refractivity contribution in [3.63, 3.8) is 0 Å². The van der Waals surface area contributed by atoms with Crippen molar-refractivity contribution in [2.24, 2.45) is 0 Å². The second-order valence-electron chi connectivity index (χ2n) is 2.81. The van der Waals surface area contributed by atoms with Gasteiger partial charge in [0.15, 0.2) is 0 Å². The fourth-order valence-corrected chi connectivity index (χ4v) is 1.22. The molecular formula is C8H10N2O. The Kier molecular flexibility index (Phi) is 1.39. The van der Waals surface area contributed by atoms with Gasteiger partial charge >= 0.3 is 0 Å². The van der Waals surface area contributed by atoms with E-state index in [1.54, 1.807) is 13.3 Å². The Labute approximate surface area is 65.4 Å². The first-order valence-corrected chi connectivity index (χ1v) is 3.71. The second kappa shape index (κ2) is 2.27. The Hall–Kier alpha value is -0.960. The van der Waals surface area contributed by atoms with E-state index in [1.807, 2.05) is 12.1 Å². The SMILES string of the molecule is COC1(c2cccnn2)CC1. The maximum absolute atomic E-state index is 5.33. The standard InChI is InChI=1S/C8H10N2O/c1-11-8(4-5-8)7-3-2-6-9-10-7/h2-3,6H,4-5H2,1H3. The number of ether oxygens (including phenoxy) is 1. The molecule has 1 heterocycles. The Morgan fingerprint density at radius 2 is 2.36 bits per heavy atom. The maximum Gasteiger partial charge on any atom is 0.112 e. The Balaban J connectivity index is 2.30. The summed E-state index contributed by atoms with van der Waals surface area (Å²) >= 11 is 0. The smallest absolute Gasteiger partial charge is 0.112 e. The summed E-state index contributed by atoms with van der Waals surface area (Å²) in [6.07, 6.45) is 3.82. The summed E-state index contributed by atoms with van der Waals surface area (Å²) in [6.45, 7) is 0. The van der Waals surface area contributed by atoms with Crippen molar-refractivity contribution in [2.45, 2.75) is 18.4 Å². The van der Waals surface area contributed by atoms with Crippen molar-refractivity contribution in [3.8, 4) is 0 Å². The zero-order valence-corrected chi connectivity index (χ0v) is 6.45. The fourth-order valence-electron chi connectivity index (χ4n) is 1.22. The molecule has 0 radical (unpaired) electrons. The van der Waals surface area contributed by atoms with Crippen LogP contribution in [-0.4, -0.2) is 17.3 Å². The lowest BCUT2D eigenvalue weighted by atomic mass is 10.2. The monoisotopic (exact) mass is 150 g/mol. The highest BCUT2D eigenvalue weighted by molar-refractivity contribution is 5.17. The predicted octanol–water partition coefficient (Wildman–Crippen LogP) is 1.11. The molecule has 1 fully saturated rings. The van der Waals surface area contributed by atoms with Crippen molar-refractivity contribution < 1.29 is 4.74 Å². The van der Waals surface area contributed by atoms with E-state index in [1.165, 1.54) is 0 Å². The van der Waals surface area contributed by atoms with Crippen LogP contribution in [0.25, 0.3) is 0 Å². The zero-order chi connectivity index (χ0) is 7.73. The molecule has 3 nitrogen and oxygen atoms in total. The van der Waals surface area contributed by atoms with Crippen molar-refractivity contribution >= 4 is 0 Å². The molecule has 2 rings (SSSR count). The Morgan fingerprint density at radius 3 is 2.82 bits per heavy atom. The molecule has 0 unspecified atom stereocenters. The van der Waals surface area contributed by atoms with Crippen LogP contribution >= 0.6 is 0 Å².